The van der Waals surface area contributed by atoms with Crippen molar-refractivity contribution in [3.63, 3.8) is 0 Å². The van der Waals surface area contributed by atoms with Crippen LogP contribution in [0.5, 0.6) is 0 Å². The van der Waals surface area contributed by atoms with Gasteiger partial charge in [-0.15, -0.1) is 22.6 Å². The number of fused-ring (bicyclic) bond motifs is 1. The standard InChI is InChI=1S/C24H29N7O4.ClH/c1-2-34-16-15-31-14-5-9-19(31)23-27-21(35-30-23)11-10-20(32)25-12-6-13-26-22-17-7-3-4-8-18(17)24(33)29-28-22;/h3-5,7-9,14,18,26H,2,6,10-13,15-16H2,1H3,(H,25,32);1H. The van der Waals surface area contributed by atoms with Crippen LogP contribution in [0.25, 0.3) is 11.5 Å². The minimum atomic E-state index is -0.371. The predicted octanol–water partition coefficient (Wildman–Crippen LogP) is 2.97. The molecule has 12 heteroatoms. The van der Waals surface area contributed by atoms with E-state index in [1.54, 1.807) is 0 Å². The summed E-state index contributed by atoms with van der Waals surface area (Å²) in [6.07, 6.45) is 10.6. The fourth-order valence-electron chi connectivity index (χ4n) is 3.75. The highest BCUT2D eigenvalue weighted by Gasteiger charge is 2.26. The third-order valence-corrected chi connectivity index (χ3v) is 5.56. The van der Waals surface area contributed by atoms with E-state index in [0.29, 0.717) is 63.2 Å². The molecule has 11 nitrogen and oxygen atoms in total. The van der Waals surface area contributed by atoms with Gasteiger partial charge < -0.3 is 24.5 Å². The molecule has 2 aromatic heterocycles. The lowest BCUT2D eigenvalue weighted by Gasteiger charge is -2.20. The molecule has 4 rings (SSSR count). The summed E-state index contributed by atoms with van der Waals surface area (Å²) in [7, 11) is 0. The van der Waals surface area contributed by atoms with Crippen LogP contribution in [0.3, 0.4) is 0 Å². The maximum absolute atomic E-state index is 12.2. The number of ether oxygens (including phenoxy) is 1. The Labute approximate surface area is 215 Å². The minimum Gasteiger partial charge on any atom is -0.380 e. The Hall–Kier alpha value is -3.57. The zero-order valence-corrected chi connectivity index (χ0v) is 20.9. The van der Waals surface area contributed by atoms with Crippen molar-refractivity contribution in [3.8, 4) is 11.5 Å². The number of nitrogens with one attached hydrogen (secondary N) is 2. The van der Waals surface area contributed by atoms with Crippen molar-refractivity contribution in [2.24, 2.45) is 16.1 Å². The first-order valence-corrected chi connectivity index (χ1v) is 11.8. The molecule has 0 fully saturated rings. The molecule has 3 heterocycles. The molecule has 192 valence electrons. The number of carbonyl (C=O) groups is 2. The maximum Gasteiger partial charge on any atom is 0.276 e. The van der Waals surface area contributed by atoms with Gasteiger partial charge in [0.15, 0.2) is 5.82 Å². The molecule has 0 bridgehead atoms. The SMILES string of the molecule is CCOCCn1cccc1-c1noc(CCC(=O)NCCCNC2=C3C=CC=CC3C(=O)N=N2)n1.Cl. The Balaban J connectivity index is 0.00000361. The molecule has 0 radical (unpaired) electrons. The number of allylic oxidation sites excluding steroid dienone is 3. The molecule has 1 aliphatic carbocycles. The van der Waals surface area contributed by atoms with E-state index in [1.807, 2.05) is 54.1 Å². The van der Waals surface area contributed by atoms with Gasteiger partial charge in [-0.05, 0) is 25.5 Å². The molecular weight excluding hydrogens is 486 g/mol. The number of aryl methyl sites for hydroxylation is 1. The highest BCUT2D eigenvalue weighted by molar-refractivity contribution is 5.86. The number of halogens is 1. The van der Waals surface area contributed by atoms with Crippen LogP contribution < -0.4 is 10.6 Å². The average Bonchev–Trinajstić information content (AvgIpc) is 3.53. The van der Waals surface area contributed by atoms with E-state index in [-0.39, 0.29) is 36.6 Å². The fraction of sp³-hybridized carbons (Fsp3) is 0.417. The minimum absolute atomic E-state index is 0. The second-order valence-electron chi connectivity index (χ2n) is 7.99. The van der Waals surface area contributed by atoms with Crippen LogP contribution in [-0.2, 0) is 27.3 Å². The Morgan fingerprint density at radius 3 is 3.00 bits per heavy atom. The number of nitrogens with zero attached hydrogens (tertiary/aromatic N) is 5. The van der Waals surface area contributed by atoms with Gasteiger partial charge in [0.1, 0.15) is 0 Å². The van der Waals surface area contributed by atoms with Crippen LogP contribution in [0.4, 0.5) is 0 Å². The topological polar surface area (TPSA) is 136 Å². The molecule has 2 N–H and O–H groups in total. The first kappa shape index (κ1) is 27.0. The molecule has 0 spiro atoms. The van der Waals surface area contributed by atoms with Gasteiger partial charge in [0.2, 0.25) is 17.6 Å². The van der Waals surface area contributed by atoms with Gasteiger partial charge in [0, 0.05) is 50.9 Å². The van der Waals surface area contributed by atoms with Crippen LogP contribution in [0.2, 0.25) is 0 Å². The number of carbonyl (C=O) groups excluding carboxylic acids is 2. The van der Waals surface area contributed by atoms with Crippen molar-refractivity contribution < 1.29 is 18.8 Å². The summed E-state index contributed by atoms with van der Waals surface area (Å²) in [5.74, 6) is 0.791. The van der Waals surface area contributed by atoms with Crippen molar-refractivity contribution in [1.29, 1.82) is 0 Å². The lowest BCUT2D eigenvalue weighted by Crippen LogP contribution is -2.28. The number of amides is 2. The first-order chi connectivity index (χ1) is 17.2. The average molecular weight is 516 g/mol. The van der Waals surface area contributed by atoms with E-state index in [9.17, 15) is 9.59 Å². The van der Waals surface area contributed by atoms with Crippen molar-refractivity contribution in [1.82, 2.24) is 25.3 Å². The summed E-state index contributed by atoms with van der Waals surface area (Å²) < 4.78 is 12.7. The number of aromatic nitrogens is 3. The van der Waals surface area contributed by atoms with Gasteiger partial charge in [-0.1, -0.05) is 29.5 Å². The summed E-state index contributed by atoms with van der Waals surface area (Å²) in [5, 5.41) is 17.8. The summed E-state index contributed by atoms with van der Waals surface area (Å²) >= 11 is 0. The smallest absolute Gasteiger partial charge is 0.276 e. The zero-order valence-electron chi connectivity index (χ0n) is 20.1. The van der Waals surface area contributed by atoms with Crippen LogP contribution >= 0.6 is 12.4 Å². The van der Waals surface area contributed by atoms with E-state index in [4.69, 9.17) is 9.26 Å². The molecule has 36 heavy (non-hydrogen) atoms. The monoisotopic (exact) mass is 515 g/mol. The van der Waals surface area contributed by atoms with Gasteiger partial charge >= 0.3 is 0 Å². The van der Waals surface area contributed by atoms with Gasteiger partial charge in [-0.2, -0.15) is 4.98 Å². The number of azo groups is 1. The third-order valence-electron chi connectivity index (χ3n) is 5.56. The second kappa shape index (κ2) is 13.5. The Morgan fingerprint density at radius 1 is 1.25 bits per heavy atom. The summed E-state index contributed by atoms with van der Waals surface area (Å²) in [6.45, 7) is 5.03. The van der Waals surface area contributed by atoms with E-state index >= 15 is 0 Å². The number of hydrogen-bond acceptors (Lipinski definition) is 8. The van der Waals surface area contributed by atoms with Crippen LogP contribution in [-0.4, -0.2) is 52.8 Å². The van der Waals surface area contributed by atoms with Gasteiger partial charge in [0.25, 0.3) is 5.91 Å². The predicted molar refractivity (Wildman–Crippen MR) is 134 cm³/mol. The highest BCUT2D eigenvalue weighted by Crippen LogP contribution is 2.27. The van der Waals surface area contributed by atoms with Crippen molar-refractivity contribution in [3.05, 3.63) is 59.9 Å². The van der Waals surface area contributed by atoms with Crippen molar-refractivity contribution in [2.75, 3.05) is 26.3 Å². The number of hydrogen-bond donors (Lipinski definition) is 2. The fourth-order valence-corrected chi connectivity index (χ4v) is 3.75. The summed E-state index contributed by atoms with van der Waals surface area (Å²) in [6, 6.07) is 3.85. The largest absolute Gasteiger partial charge is 0.380 e. The van der Waals surface area contributed by atoms with Gasteiger partial charge in [-0.25, -0.2) is 0 Å². The Morgan fingerprint density at radius 2 is 2.14 bits per heavy atom. The van der Waals surface area contributed by atoms with Crippen LogP contribution in [0.15, 0.2) is 68.8 Å². The van der Waals surface area contributed by atoms with Crippen molar-refractivity contribution in [2.45, 2.75) is 32.7 Å². The molecule has 0 saturated carbocycles. The molecule has 2 amide bonds. The maximum atomic E-state index is 12.2. The van der Waals surface area contributed by atoms with E-state index < -0.39 is 0 Å². The lowest BCUT2D eigenvalue weighted by molar-refractivity contribution is -0.121. The number of rotatable bonds is 13. The lowest BCUT2D eigenvalue weighted by atomic mass is 9.93. The second-order valence-corrected chi connectivity index (χ2v) is 7.99. The van der Waals surface area contributed by atoms with E-state index in [2.05, 4.69) is 31.0 Å². The Kier molecular flexibility index (Phi) is 10.1. The third kappa shape index (κ3) is 6.98. The Bertz CT molecular complexity index is 1160. The normalized spacial score (nSPS) is 16.1. The molecular formula is C24H30ClN7O4. The summed E-state index contributed by atoms with van der Waals surface area (Å²) in [4.78, 5) is 28.5. The molecule has 0 saturated heterocycles. The zero-order chi connectivity index (χ0) is 24.5. The molecule has 2 aromatic rings. The van der Waals surface area contributed by atoms with E-state index in [1.165, 1.54) is 0 Å². The quantitative estimate of drug-likeness (QED) is 0.391. The van der Waals surface area contributed by atoms with E-state index in [0.717, 1.165) is 11.3 Å². The summed E-state index contributed by atoms with van der Waals surface area (Å²) in [5.41, 5.74) is 1.66. The molecule has 2 aliphatic rings. The molecule has 1 unspecified atom stereocenters. The van der Waals surface area contributed by atoms with Crippen LogP contribution in [0.1, 0.15) is 25.7 Å². The van der Waals surface area contributed by atoms with Crippen LogP contribution in [0, 0.1) is 5.92 Å². The van der Waals surface area contributed by atoms with Crippen molar-refractivity contribution >= 4 is 24.2 Å². The van der Waals surface area contributed by atoms with Gasteiger partial charge in [-0.3, -0.25) is 9.59 Å². The molecule has 0 aromatic carbocycles. The molecule has 1 aliphatic heterocycles. The first-order valence-electron chi connectivity index (χ1n) is 11.8. The molecule has 1 atom stereocenters. The highest BCUT2D eigenvalue weighted by atomic mass is 35.5. The van der Waals surface area contributed by atoms with Gasteiger partial charge in [0.05, 0.1) is 18.2 Å².